The third-order valence-electron chi connectivity index (χ3n) is 4.97. The summed E-state index contributed by atoms with van der Waals surface area (Å²) in [4.78, 5) is 7.26. The van der Waals surface area contributed by atoms with Crippen LogP contribution >= 0.6 is 23.4 Å². The van der Waals surface area contributed by atoms with Crippen LogP contribution in [-0.4, -0.2) is 43.0 Å². The van der Waals surface area contributed by atoms with E-state index in [1.54, 1.807) is 23.9 Å². The topological polar surface area (TPSA) is 6.48 Å². The van der Waals surface area contributed by atoms with E-state index in [0.717, 1.165) is 48.1 Å². The molecule has 2 aromatic carbocycles. The monoisotopic (exact) mass is 362 g/mol. The molecule has 2 aromatic rings. The first-order valence-electron chi connectivity index (χ1n) is 8.28. The molecular weight excluding hydrogens is 343 g/mol. The van der Waals surface area contributed by atoms with E-state index in [2.05, 4.69) is 29.0 Å². The van der Waals surface area contributed by atoms with E-state index < -0.39 is 0 Å². The fourth-order valence-corrected chi connectivity index (χ4v) is 4.85. The Morgan fingerprint density at radius 1 is 1.04 bits per heavy atom. The van der Waals surface area contributed by atoms with Crippen molar-refractivity contribution in [2.24, 2.45) is 0 Å². The Morgan fingerprint density at radius 2 is 1.79 bits per heavy atom. The zero-order valence-corrected chi connectivity index (χ0v) is 15.2. The number of rotatable bonds is 1. The van der Waals surface area contributed by atoms with Crippen molar-refractivity contribution < 1.29 is 4.39 Å². The minimum atomic E-state index is -0.157. The summed E-state index contributed by atoms with van der Waals surface area (Å²) in [5, 5.41) is 0.769. The second kappa shape index (κ2) is 6.68. The summed E-state index contributed by atoms with van der Waals surface area (Å²) in [6.07, 6.45) is 0.831. The highest BCUT2D eigenvalue weighted by Gasteiger charge is 2.29. The molecule has 0 aromatic heterocycles. The largest absolute Gasteiger partial charge is 0.304 e. The first kappa shape index (κ1) is 16.4. The van der Waals surface area contributed by atoms with Crippen molar-refractivity contribution in [3.05, 3.63) is 58.4 Å². The van der Waals surface area contributed by atoms with Gasteiger partial charge in [0.15, 0.2) is 0 Å². The lowest BCUT2D eigenvalue weighted by Crippen LogP contribution is -2.46. The van der Waals surface area contributed by atoms with Crippen molar-refractivity contribution in [2.75, 3.05) is 33.2 Å². The lowest BCUT2D eigenvalue weighted by molar-refractivity contribution is 0.110. The van der Waals surface area contributed by atoms with Crippen LogP contribution in [0.5, 0.6) is 0 Å². The van der Waals surface area contributed by atoms with Crippen LogP contribution in [0.4, 0.5) is 4.39 Å². The number of likely N-dealkylation sites (N-methyl/N-ethyl adjacent to an activating group) is 1. The molecule has 0 amide bonds. The minimum absolute atomic E-state index is 0.157. The van der Waals surface area contributed by atoms with Crippen LogP contribution < -0.4 is 0 Å². The summed E-state index contributed by atoms with van der Waals surface area (Å²) in [5.74, 6) is -0.157. The first-order chi connectivity index (χ1) is 11.6. The molecule has 2 aliphatic rings. The Balaban J connectivity index is 1.77. The van der Waals surface area contributed by atoms with Gasteiger partial charge in [0.05, 0.1) is 0 Å². The SMILES string of the molecule is CN1CCN([C@@H]2Cc3cc(F)ccc3Sc3ccc(Cl)cc32)CC1. The van der Waals surface area contributed by atoms with Gasteiger partial charge in [-0.15, -0.1) is 0 Å². The smallest absolute Gasteiger partial charge is 0.123 e. The molecular formula is C19H20ClFN2S. The van der Waals surface area contributed by atoms with Gasteiger partial charge in [0, 0.05) is 47.0 Å². The Labute approximate surface area is 151 Å². The summed E-state index contributed by atoms with van der Waals surface area (Å²) in [7, 11) is 2.16. The number of hydrogen-bond donors (Lipinski definition) is 0. The van der Waals surface area contributed by atoms with Crippen LogP contribution in [0, 0.1) is 5.82 Å². The van der Waals surface area contributed by atoms with Gasteiger partial charge in [0.25, 0.3) is 0 Å². The van der Waals surface area contributed by atoms with E-state index in [1.165, 1.54) is 10.5 Å². The molecule has 4 rings (SSSR count). The molecule has 126 valence electrons. The normalized spacial score (nSPS) is 21.9. The fraction of sp³-hybridized carbons (Fsp3) is 0.368. The number of fused-ring (bicyclic) bond motifs is 2. The second-order valence-electron chi connectivity index (χ2n) is 6.60. The van der Waals surface area contributed by atoms with Crippen molar-refractivity contribution >= 4 is 23.4 Å². The summed E-state index contributed by atoms with van der Waals surface area (Å²) in [5.41, 5.74) is 2.37. The average molecular weight is 363 g/mol. The molecule has 0 saturated carbocycles. The highest BCUT2D eigenvalue weighted by molar-refractivity contribution is 7.99. The van der Waals surface area contributed by atoms with E-state index in [-0.39, 0.29) is 11.9 Å². The lowest BCUT2D eigenvalue weighted by Gasteiger charge is -2.38. The zero-order chi connectivity index (χ0) is 16.7. The highest BCUT2D eigenvalue weighted by Crippen LogP contribution is 2.44. The number of piperazine rings is 1. The quantitative estimate of drug-likeness (QED) is 0.738. The molecule has 0 bridgehead atoms. The standard InChI is InChI=1S/C19H20ClFN2S/c1-22-6-8-23(9-7-22)17-11-13-10-15(21)3-5-18(13)24-19-4-2-14(20)12-16(17)19/h2-5,10,12,17H,6-9,11H2,1H3/t17-/m1/s1. The van der Waals surface area contributed by atoms with Crippen LogP contribution in [-0.2, 0) is 6.42 Å². The predicted molar refractivity (Wildman–Crippen MR) is 97.5 cm³/mol. The number of halogens is 2. The van der Waals surface area contributed by atoms with Gasteiger partial charge < -0.3 is 4.90 Å². The van der Waals surface area contributed by atoms with Crippen LogP contribution in [0.1, 0.15) is 17.2 Å². The van der Waals surface area contributed by atoms with Crippen molar-refractivity contribution in [1.29, 1.82) is 0 Å². The Kier molecular flexibility index (Phi) is 4.56. The van der Waals surface area contributed by atoms with E-state index in [4.69, 9.17) is 11.6 Å². The van der Waals surface area contributed by atoms with Crippen molar-refractivity contribution in [3.8, 4) is 0 Å². The molecule has 0 unspecified atom stereocenters. The molecule has 2 heterocycles. The predicted octanol–water partition coefficient (Wildman–Crippen LogP) is 4.47. The fourth-order valence-electron chi connectivity index (χ4n) is 3.58. The van der Waals surface area contributed by atoms with E-state index in [1.807, 2.05) is 12.1 Å². The molecule has 1 saturated heterocycles. The zero-order valence-electron chi connectivity index (χ0n) is 13.6. The Bertz CT molecular complexity index is 759. The second-order valence-corrected chi connectivity index (χ2v) is 8.12. The third kappa shape index (κ3) is 3.21. The van der Waals surface area contributed by atoms with Crippen LogP contribution in [0.25, 0.3) is 0 Å². The molecule has 2 nitrogen and oxygen atoms in total. The van der Waals surface area contributed by atoms with Crippen LogP contribution in [0.15, 0.2) is 46.2 Å². The molecule has 0 radical (unpaired) electrons. The number of hydrogen-bond acceptors (Lipinski definition) is 3. The van der Waals surface area contributed by atoms with Crippen LogP contribution in [0.2, 0.25) is 5.02 Å². The van der Waals surface area contributed by atoms with Gasteiger partial charge in [-0.05, 0) is 61.0 Å². The van der Waals surface area contributed by atoms with Crippen molar-refractivity contribution in [2.45, 2.75) is 22.3 Å². The Hall–Kier alpha value is -1.07. The summed E-state index contributed by atoms with van der Waals surface area (Å²) < 4.78 is 13.8. The number of benzene rings is 2. The maximum atomic E-state index is 13.8. The highest BCUT2D eigenvalue weighted by atomic mass is 35.5. The maximum absolute atomic E-state index is 13.8. The van der Waals surface area contributed by atoms with Gasteiger partial charge in [0.1, 0.15) is 5.82 Å². The van der Waals surface area contributed by atoms with Gasteiger partial charge in [0.2, 0.25) is 0 Å². The molecule has 1 atom stereocenters. The van der Waals surface area contributed by atoms with Crippen molar-refractivity contribution in [3.63, 3.8) is 0 Å². The van der Waals surface area contributed by atoms with Gasteiger partial charge >= 0.3 is 0 Å². The molecule has 0 aliphatic carbocycles. The van der Waals surface area contributed by atoms with Crippen LogP contribution in [0.3, 0.4) is 0 Å². The van der Waals surface area contributed by atoms with Gasteiger partial charge in [-0.1, -0.05) is 23.4 Å². The van der Waals surface area contributed by atoms with Gasteiger partial charge in [-0.2, -0.15) is 0 Å². The van der Waals surface area contributed by atoms with E-state index in [0.29, 0.717) is 0 Å². The molecule has 5 heteroatoms. The summed E-state index contributed by atoms with van der Waals surface area (Å²) >= 11 is 8.02. The molecule has 0 N–H and O–H groups in total. The molecule has 0 spiro atoms. The van der Waals surface area contributed by atoms with E-state index in [9.17, 15) is 4.39 Å². The average Bonchev–Trinajstić information content (AvgIpc) is 2.72. The van der Waals surface area contributed by atoms with Gasteiger partial charge in [-0.3, -0.25) is 4.90 Å². The van der Waals surface area contributed by atoms with Gasteiger partial charge in [-0.25, -0.2) is 4.39 Å². The van der Waals surface area contributed by atoms with Crippen molar-refractivity contribution in [1.82, 2.24) is 9.80 Å². The summed E-state index contributed by atoms with van der Waals surface area (Å²) in [6, 6.07) is 11.5. The lowest BCUT2D eigenvalue weighted by atomic mass is 9.96. The van der Waals surface area contributed by atoms with E-state index >= 15 is 0 Å². The third-order valence-corrected chi connectivity index (χ3v) is 6.41. The minimum Gasteiger partial charge on any atom is -0.304 e. The maximum Gasteiger partial charge on any atom is 0.123 e. The molecule has 24 heavy (non-hydrogen) atoms. The molecule has 1 fully saturated rings. The molecule has 2 aliphatic heterocycles. The summed E-state index contributed by atoms with van der Waals surface area (Å²) in [6.45, 7) is 4.19. The Morgan fingerprint density at radius 3 is 2.58 bits per heavy atom. The number of nitrogens with zero attached hydrogens (tertiary/aromatic N) is 2. The first-order valence-corrected chi connectivity index (χ1v) is 9.48.